The van der Waals surface area contributed by atoms with Crippen molar-refractivity contribution in [2.45, 2.75) is 39.2 Å². The SMILES string of the molecule is CN=C(NCCc1ccccc1F)NCc1noc(C(C)(C)C)n1. The topological polar surface area (TPSA) is 75.3 Å². The molecule has 2 rings (SSSR count). The molecule has 0 saturated heterocycles. The average Bonchev–Trinajstić information content (AvgIpc) is 3.01. The summed E-state index contributed by atoms with van der Waals surface area (Å²) in [7, 11) is 1.68. The minimum atomic E-state index is -0.191. The lowest BCUT2D eigenvalue weighted by atomic mass is 9.97. The van der Waals surface area contributed by atoms with E-state index in [4.69, 9.17) is 4.52 Å². The molecule has 0 saturated carbocycles. The standard InChI is InChI=1S/C17H24FN5O/c1-17(2,3)15-22-14(23-24-15)11-21-16(19-4)20-10-9-12-7-5-6-8-13(12)18/h5-8H,9-11H2,1-4H3,(H2,19,20,21). The van der Waals surface area contributed by atoms with Gasteiger partial charge in [-0.2, -0.15) is 4.98 Å². The third kappa shape index (κ3) is 5.04. The number of hydrogen-bond acceptors (Lipinski definition) is 4. The normalized spacial score (nSPS) is 12.3. The molecule has 7 heteroatoms. The summed E-state index contributed by atoms with van der Waals surface area (Å²) in [4.78, 5) is 8.48. The monoisotopic (exact) mass is 333 g/mol. The van der Waals surface area contributed by atoms with Crippen LogP contribution in [0.25, 0.3) is 0 Å². The summed E-state index contributed by atoms with van der Waals surface area (Å²) in [6.45, 7) is 7.02. The molecule has 6 nitrogen and oxygen atoms in total. The number of nitrogens with zero attached hydrogens (tertiary/aromatic N) is 3. The van der Waals surface area contributed by atoms with Crippen LogP contribution in [0.15, 0.2) is 33.8 Å². The van der Waals surface area contributed by atoms with Crippen LogP contribution in [0.3, 0.4) is 0 Å². The van der Waals surface area contributed by atoms with Crippen LogP contribution in [-0.2, 0) is 18.4 Å². The Morgan fingerprint density at radius 2 is 2.00 bits per heavy atom. The van der Waals surface area contributed by atoms with Gasteiger partial charge in [0.15, 0.2) is 11.8 Å². The fraction of sp³-hybridized carbons (Fsp3) is 0.471. The van der Waals surface area contributed by atoms with E-state index in [1.807, 2.05) is 26.8 Å². The third-order valence-electron chi connectivity index (χ3n) is 3.39. The first-order chi connectivity index (χ1) is 11.4. The second-order valence-electron chi connectivity index (χ2n) is 6.46. The molecule has 0 aliphatic carbocycles. The lowest BCUT2D eigenvalue weighted by Gasteiger charge is -2.11. The number of aromatic nitrogens is 2. The van der Waals surface area contributed by atoms with E-state index in [0.717, 1.165) is 0 Å². The second kappa shape index (κ2) is 7.90. The maximum atomic E-state index is 13.6. The zero-order valence-electron chi connectivity index (χ0n) is 14.6. The lowest BCUT2D eigenvalue weighted by molar-refractivity contribution is 0.318. The number of aliphatic imine (C=N–C) groups is 1. The fourth-order valence-electron chi connectivity index (χ4n) is 2.03. The first-order valence-corrected chi connectivity index (χ1v) is 7.91. The van der Waals surface area contributed by atoms with Crippen molar-refractivity contribution < 1.29 is 8.91 Å². The molecule has 24 heavy (non-hydrogen) atoms. The van der Waals surface area contributed by atoms with Gasteiger partial charge in [0.05, 0.1) is 6.54 Å². The van der Waals surface area contributed by atoms with E-state index in [1.165, 1.54) is 6.07 Å². The van der Waals surface area contributed by atoms with Crippen molar-refractivity contribution in [2.75, 3.05) is 13.6 Å². The Hall–Kier alpha value is -2.44. The predicted molar refractivity (Wildman–Crippen MR) is 91.3 cm³/mol. The molecule has 0 aliphatic rings. The van der Waals surface area contributed by atoms with Crippen molar-refractivity contribution in [3.05, 3.63) is 47.4 Å². The number of rotatable bonds is 5. The summed E-state index contributed by atoms with van der Waals surface area (Å²) in [5.74, 6) is 1.58. The Kier molecular flexibility index (Phi) is 5.89. The molecule has 0 radical (unpaired) electrons. The van der Waals surface area contributed by atoms with Crippen LogP contribution < -0.4 is 10.6 Å². The quantitative estimate of drug-likeness (QED) is 0.649. The van der Waals surface area contributed by atoms with E-state index in [2.05, 4.69) is 25.8 Å². The molecule has 0 atom stereocenters. The van der Waals surface area contributed by atoms with Gasteiger partial charge in [-0.05, 0) is 18.1 Å². The highest BCUT2D eigenvalue weighted by Gasteiger charge is 2.21. The molecule has 0 spiro atoms. The summed E-state index contributed by atoms with van der Waals surface area (Å²) in [6, 6.07) is 6.75. The fourth-order valence-corrected chi connectivity index (χ4v) is 2.03. The van der Waals surface area contributed by atoms with Crippen molar-refractivity contribution in [2.24, 2.45) is 4.99 Å². The van der Waals surface area contributed by atoms with Crippen molar-refractivity contribution in [3.63, 3.8) is 0 Å². The van der Waals surface area contributed by atoms with Gasteiger partial charge >= 0.3 is 0 Å². The van der Waals surface area contributed by atoms with Crippen molar-refractivity contribution in [3.8, 4) is 0 Å². The molecule has 0 aliphatic heterocycles. The van der Waals surface area contributed by atoms with Crippen LogP contribution in [0, 0.1) is 5.82 Å². The molecule has 1 heterocycles. The van der Waals surface area contributed by atoms with Crippen LogP contribution in [0.4, 0.5) is 4.39 Å². The van der Waals surface area contributed by atoms with Crippen LogP contribution in [0.1, 0.15) is 38.0 Å². The molecule has 1 aromatic carbocycles. The van der Waals surface area contributed by atoms with Crippen LogP contribution in [0.5, 0.6) is 0 Å². The Morgan fingerprint density at radius 1 is 1.25 bits per heavy atom. The van der Waals surface area contributed by atoms with Gasteiger partial charge in [-0.15, -0.1) is 0 Å². The van der Waals surface area contributed by atoms with Gasteiger partial charge in [0.1, 0.15) is 5.82 Å². The lowest BCUT2D eigenvalue weighted by Crippen LogP contribution is -2.38. The highest BCUT2D eigenvalue weighted by Crippen LogP contribution is 2.19. The number of guanidine groups is 1. The molecule has 0 amide bonds. The summed E-state index contributed by atoms with van der Waals surface area (Å²) in [5, 5.41) is 10.2. The predicted octanol–water partition coefficient (Wildman–Crippen LogP) is 2.41. The van der Waals surface area contributed by atoms with E-state index in [0.29, 0.717) is 42.7 Å². The van der Waals surface area contributed by atoms with Crippen LogP contribution >= 0.6 is 0 Å². The van der Waals surface area contributed by atoms with Crippen molar-refractivity contribution in [1.82, 2.24) is 20.8 Å². The highest BCUT2D eigenvalue weighted by atomic mass is 19.1. The summed E-state index contributed by atoms with van der Waals surface area (Å²) in [5.41, 5.74) is 0.499. The second-order valence-corrected chi connectivity index (χ2v) is 6.46. The average molecular weight is 333 g/mol. The summed E-state index contributed by atoms with van der Waals surface area (Å²) < 4.78 is 18.8. The zero-order chi connectivity index (χ0) is 17.6. The zero-order valence-corrected chi connectivity index (χ0v) is 14.6. The Morgan fingerprint density at radius 3 is 2.62 bits per heavy atom. The highest BCUT2D eigenvalue weighted by molar-refractivity contribution is 5.79. The summed E-state index contributed by atoms with van der Waals surface area (Å²) in [6.07, 6.45) is 0.573. The van der Waals surface area contributed by atoms with E-state index in [1.54, 1.807) is 19.2 Å². The number of halogens is 1. The molecule has 0 unspecified atom stereocenters. The minimum absolute atomic E-state index is 0.176. The van der Waals surface area contributed by atoms with Crippen molar-refractivity contribution >= 4 is 5.96 Å². The van der Waals surface area contributed by atoms with Gasteiger partial charge in [-0.3, -0.25) is 4.99 Å². The van der Waals surface area contributed by atoms with Crippen LogP contribution in [-0.4, -0.2) is 29.7 Å². The maximum Gasteiger partial charge on any atom is 0.232 e. The Bertz CT molecular complexity index is 690. The molecular formula is C17H24FN5O. The molecule has 0 fully saturated rings. The first-order valence-electron chi connectivity index (χ1n) is 7.91. The molecule has 2 aromatic rings. The molecule has 2 N–H and O–H groups in total. The van der Waals surface area contributed by atoms with Gasteiger partial charge in [0, 0.05) is 19.0 Å². The largest absolute Gasteiger partial charge is 0.356 e. The maximum absolute atomic E-state index is 13.6. The van der Waals surface area contributed by atoms with Crippen LogP contribution in [0.2, 0.25) is 0 Å². The molecule has 0 bridgehead atoms. The van der Waals surface area contributed by atoms with E-state index < -0.39 is 0 Å². The van der Waals surface area contributed by atoms with Gasteiger partial charge in [0.25, 0.3) is 0 Å². The molecule has 1 aromatic heterocycles. The first kappa shape index (κ1) is 17.9. The molecular weight excluding hydrogens is 309 g/mol. The Labute approximate surface area is 141 Å². The number of hydrogen-bond donors (Lipinski definition) is 2. The van der Waals surface area contributed by atoms with E-state index in [9.17, 15) is 4.39 Å². The molecule has 130 valence electrons. The number of benzene rings is 1. The van der Waals surface area contributed by atoms with E-state index >= 15 is 0 Å². The Balaban J connectivity index is 1.80. The minimum Gasteiger partial charge on any atom is -0.356 e. The van der Waals surface area contributed by atoms with Gasteiger partial charge in [-0.25, -0.2) is 4.39 Å². The third-order valence-corrected chi connectivity index (χ3v) is 3.39. The smallest absolute Gasteiger partial charge is 0.232 e. The van der Waals surface area contributed by atoms with E-state index in [-0.39, 0.29) is 11.2 Å². The van der Waals surface area contributed by atoms with Gasteiger partial charge in [-0.1, -0.05) is 44.1 Å². The summed E-state index contributed by atoms with van der Waals surface area (Å²) >= 11 is 0. The van der Waals surface area contributed by atoms with Gasteiger partial charge in [0.2, 0.25) is 5.89 Å². The number of nitrogens with one attached hydrogen (secondary N) is 2. The van der Waals surface area contributed by atoms with Crippen molar-refractivity contribution in [1.29, 1.82) is 0 Å². The van der Waals surface area contributed by atoms with Gasteiger partial charge < -0.3 is 15.2 Å².